The molecule has 0 amide bonds. The number of hydrogen-bond acceptors (Lipinski definition) is 4. The van der Waals surface area contributed by atoms with Crippen molar-refractivity contribution in [1.29, 1.82) is 0 Å². The number of rotatable bonds is 2. The summed E-state index contributed by atoms with van der Waals surface area (Å²) in [5.41, 5.74) is 0.937. The molecule has 4 heteroatoms. The smallest absolute Gasteiger partial charge is 0.384 e. The summed E-state index contributed by atoms with van der Waals surface area (Å²) in [7, 11) is 2.73. The zero-order valence-corrected chi connectivity index (χ0v) is 8.94. The molecule has 0 spiro atoms. The summed E-state index contributed by atoms with van der Waals surface area (Å²) in [6.45, 7) is 0. The number of ether oxygens (including phenoxy) is 2. The van der Waals surface area contributed by atoms with Crippen molar-refractivity contribution in [2.24, 2.45) is 0 Å². The van der Waals surface area contributed by atoms with E-state index in [1.165, 1.54) is 14.2 Å². The number of carbonyl (C=O) groups excluding carboxylic acids is 2. The van der Waals surface area contributed by atoms with E-state index < -0.39 is 5.97 Å². The Balaban J connectivity index is 3.02. The molecule has 0 saturated heterocycles. The van der Waals surface area contributed by atoms with E-state index in [-0.39, 0.29) is 0 Å². The van der Waals surface area contributed by atoms with Gasteiger partial charge in [-0.2, -0.15) is 0 Å². The third-order valence-electron chi connectivity index (χ3n) is 1.85. The normalized spacial score (nSPS) is 8.62. The van der Waals surface area contributed by atoms with Crippen molar-refractivity contribution in [3.63, 3.8) is 0 Å². The van der Waals surface area contributed by atoms with Gasteiger partial charge in [-0.25, -0.2) is 4.79 Å². The lowest BCUT2D eigenvalue weighted by atomic mass is 10.1. The molecule has 1 aromatic carbocycles. The van der Waals surface area contributed by atoms with Crippen LogP contribution in [-0.4, -0.2) is 26.5 Å². The topological polar surface area (TPSA) is 52.6 Å². The first kappa shape index (κ1) is 11.8. The predicted molar refractivity (Wildman–Crippen MR) is 57.3 cm³/mol. The number of benzene rings is 1. The Morgan fingerprint density at radius 2 is 2.12 bits per heavy atom. The van der Waals surface area contributed by atoms with Crippen LogP contribution in [-0.2, 0) is 9.53 Å². The Bertz CT molecular complexity index is 466. The first-order chi connectivity index (χ1) is 7.71. The third kappa shape index (κ3) is 2.85. The molecule has 16 heavy (non-hydrogen) atoms. The van der Waals surface area contributed by atoms with Crippen molar-refractivity contribution in [2.45, 2.75) is 0 Å². The third-order valence-corrected chi connectivity index (χ3v) is 1.85. The summed E-state index contributed by atoms with van der Waals surface area (Å²) in [5.74, 6) is 4.70. The van der Waals surface area contributed by atoms with E-state index in [0.29, 0.717) is 23.2 Å². The van der Waals surface area contributed by atoms with Gasteiger partial charge in [-0.05, 0) is 18.2 Å². The van der Waals surface area contributed by atoms with Crippen molar-refractivity contribution in [2.75, 3.05) is 14.2 Å². The zero-order valence-electron chi connectivity index (χ0n) is 8.94. The molecule has 0 radical (unpaired) electrons. The Kier molecular flexibility index (Phi) is 4.10. The van der Waals surface area contributed by atoms with Gasteiger partial charge < -0.3 is 9.47 Å². The minimum absolute atomic E-state index is 0.388. The molecule has 1 rings (SSSR count). The fourth-order valence-corrected chi connectivity index (χ4v) is 1.08. The van der Waals surface area contributed by atoms with Gasteiger partial charge in [0, 0.05) is 11.5 Å². The molecule has 0 unspecified atom stereocenters. The van der Waals surface area contributed by atoms with E-state index in [4.69, 9.17) is 4.74 Å². The van der Waals surface area contributed by atoms with Crippen LogP contribution in [0.5, 0.6) is 5.75 Å². The van der Waals surface area contributed by atoms with Crippen molar-refractivity contribution in [1.82, 2.24) is 0 Å². The fraction of sp³-hybridized carbons (Fsp3) is 0.167. The highest BCUT2D eigenvalue weighted by Crippen LogP contribution is 2.17. The largest absolute Gasteiger partial charge is 0.496 e. The van der Waals surface area contributed by atoms with E-state index in [2.05, 4.69) is 16.6 Å². The van der Waals surface area contributed by atoms with Crippen LogP contribution in [0, 0.1) is 11.8 Å². The summed E-state index contributed by atoms with van der Waals surface area (Å²) in [4.78, 5) is 21.5. The lowest BCUT2D eigenvalue weighted by Gasteiger charge is -2.02. The molecular formula is C12H10O4. The van der Waals surface area contributed by atoms with Crippen LogP contribution in [0.3, 0.4) is 0 Å². The summed E-state index contributed by atoms with van der Waals surface area (Å²) in [6.07, 6.45) is 0.669. The summed E-state index contributed by atoms with van der Waals surface area (Å²) in [6, 6.07) is 4.81. The summed E-state index contributed by atoms with van der Waals surface area (Å²) < 4.78 is 9.33. The molecule has 0 fully saturated rings. The van der Waals surface area contributed by atoms with Crippen molar-refractivity contribution < 1.29 is 19.1 Å². The monoisotopic (exact) mass is 218 g/mol. The number of esters is 1. The lowest BCUT2D eigenvalue weighted by Crippen LogP contribution is -1.95. The van der Waals surface area contributed by atoms with Crippen molar-refractivity contribution >= 4 is 12.3 Å². The van der Waals surface area contributed by atoms with Gasteiger partial charge in [0.2, 0.25) is 0 Å². The van der Waals surface area contributed by atoms with Crippen LogP contribution in [0.2, 0.25) is 0 Å². The highest BCUT2D eigenvalue weighted by Gasteiger charge is 2.01. The van der Waals surface area contributed by atoms with Gasteiger partial charge in [-0.3, -0.25) is 4.79 Å². The van der Waals surface area contributed by atoms with Gasteiger partial charge in [-0.15, -0.1) is 0 Å². The molecule has 0 N–H and O–H groups in total. The van der Waals surface area contributed by atoms with E-state index in [1.807, 2.05) is 0 Å². The van der Waals surface area contributed by atoms with Gasteiger partial charge in [-0.1, -0.05) is 5.92 Å². The zero-order chi connectivity index (χ0) is 12.0. The average molecular weight is 218 g/mol. The second-order valence-electron chi connectivity index (χ2n) is 2.82. The maximum Gasteiger partial charge on any atom is 0.384 e. The predicted octanol–water partition coefficient (Wildman–Crippen LogP) is 1.03. The minimum Gasteiger partial charge on any atom is -0.496 e. The standard InChI is InChI=1S/C12H10O4/c1-15-11-5-3-9(7-10(11)8-13)4-6-12(14)16-2/h3,5,7-8H,1-2H3. The minimum atomic E-state index is -0.622. The Morgan fingerprint density at radius 1 is 1.38 bits per heavy atom. The fourth-order valence-electron chi connectivity index (χ4n) is 1.08. The molecule has 0 aliphatic rings. The summed E-state index contributed by atoms with van der Waals surface area (Å²) >= 11 is 0. The van der Waals surface area contributed by atoms with Gasteiger partial charge in [0.25, 0.3) is 0 Å². The molecule has 0 bridgehead atoms. The Morgan fingerprint density at radius 3 is 2.69 bits per heavy atom. The second-order valence-corrected chi connectivity index (χ2v) is 2.82. The maximum absolute atomic E-state index is 10.8. The number of carbonyl (C=O) groups is 2. The molecule has 82 valence electrons. The SMILES string of the molecule is COC(=O)C#Cc1ccc(OC)c(C=O)c1. The van der Waals surface area contributed by atoms with Crippen molar-refractivity contribution in [3.8, 4) is 17.6 Å². The van der Waals surface area contributed by atoms with Crippen molar-refractivity contribution in [3.05, 3.63) is 29.3 Å². The number of hydrogen-bond donors (Lipinski definition) is 0. The highest BCUT2D eigenvalue weighted by atomic mass is 16.5. The Labute approximate surface area is 93.2 Å². The van der Waals surface area contributed by atoms with Gasteiger partial charge in [0.15, 0.2) is 6.29 Å². The highest BCUT2D eigenvalue weighted by molar-refractivity contribution is 5.89. The second kappa shape index (κ2) is 5.56. The molecule has 0 aliphatic heterocycles. The van der Waals surface area contributed by atoms with Crippen LogP contribution in [0.4, 0.5) is 0 Å². The average Bonchev–Trinajstić information content (AvgIpc) is 2.35. The molecule has 0 aromatic heterocycles. The first-order valence-corrected chi connectivity index (χ1v) is 4.44. The molecule has 0 aliphatic carbocycles. The van der Waals surface area contributed by atoms with E-state index in [0.717, 1.165) is 0 Å². The molecule has 1 aromatic rings. The van der Waals surface area contributed by atoms with E-state index in [9.17, 15) is 9.59 Å². The summed E-state index contributed by atoms with van der Waals surface area (Å²) in [5, 5.41) is 0. The van der Waals surface area contributed by atoms with Crippen LogP contribution in [0.25, 0.3) is 0 Å². The van der Waals surface area contributed by atoms with Gasteiger partial charge in [0.1, 0.15) is 5.75 Å². The molecule has 4 nitrogen and oxygen atoms in total. The molecular weight excluding hydrogens is 208 g/mol. The number of methoxy groups -OCH3 is 2. The van der Waals surface area contributed by atoms with Crippen LogP contribution in [0.15, 0.2) is 18.2 Å². The van der Waals surface area contributed by atoms with Crippen LogP contribution in [0.1, 0.15) is 15.9 Å². The van der Waals surface area contributed by atoms with E-state index >= 15 is 0 Å². The van der Waals surface area contributed by atoms with E-state index in [1.54, 1.807) is 18.2 Å². The van der Waals surface area contributed by atoms with Crippen LogP contribution < -0.4 is 4.74 Å². The number of aldehydes is 1. The quantitative estimate of drug-likeness (QED) is 0.422. The van der Waals surface area contributed by atoms with Gasteiger partial charge in [0.05, 0.1) is 19.8 Å². The lowest BCUT2D eigenvalue weighted by molar-refractivity contribution is -0.133. The molecule has 0 atom stereocenters. The van der Waals surface area contributed by atoms with Crippen LogP contribution >= 0.6 is 0 Å². The molecule has 0 heterocycles. The van der Waals surface area contributed by atoms with Gasteiger partial charge >= 0.3 is 5.97 Å². The molecule has 0 saturated carbocycles. The first-order valence-electron chi connectivity index (χ1n) is 4.44. The Hall–Kier alpha value is -2.28. The maximum atomic E-state index is 10.8.